The molecule has 1 amide bonds. The minimum Gasteiger partial charge on any atom is -0.321 e. The first-order valence-corrected chi connectivity index (χ1v) is 7.62. The highest BCUT2D eigenvalue weighted by atomic mass is 35.5. The molecular formula is C18H14Cl2N2O. The number of benzene rings is 2. The van der Waals surface area contributed by atoms with Gasteiger partial charge in [-0.25, -0.2) is 0 Å². The van der Waals surface area contributed by atoms with Crippen LogP contribution in [0.1, 0.15) is 16.7 Å². The van der Waals surface area contributed by atoms with Gasteiger partial charge in [0.1, 0.15) is 11.6 Å². The molecule has 5 heteroatoms. The number of halogens is 2. The molecule has 23 heavy (non-hydrogen) atoms. The Bertz CT molecular complexity index is 835. The van der Waals surface area contributed by atoms with Crippen LogP contribution in [0.5, 0.6) is 0 Å². The van der Waals surface area contributed by atoms with Crippen LogP contribution in [0.3, 0.4) is 0 Å². The third-order valence-electron chi connectivity index (χ3n) is 3.25. The Balaban J connectivity index is 2.26. The van der Waals surface area contributed by atoms with Gasteiger partial charge in [0.15, 0.2) is 0 Å². The lowest BCUT2D eigenvalue weighted by Gasteiger charge is -2.08. The molecular weight excluding hydrogens is 331 g/mol. The second-order valence-corrected chi connectivity index (χ2v) is 5.93. The summed E-state index contributed by atoms with van der Waals surface area (Å²) in [5, 5.41) is 12.8. The summed E-state index contributed by atoms with van der Waals surface area (Å²) in [6.45, 7) is 3.88. The fourth-order valence-electron chi connectivity index (χ4n) is 2.06. The number of aryl methyl sites for hydroxylation is 2. The van der Waals surface area contributed by atoms with Crippen molar-refractivity contribution in [2.45, 2.75) is 13.8 Å². The topological polar surface area (TPSA) is 52.9 Å². The molecule has 116 valence electrons. The summed E-state index contributed by atoms with van der Waals surface area (Å²) < 4.78 is 0. The molecule has 0 aliphatic rings. The predicted octanol–water partition coefficient (Wildman–Crippen LogP) is 5.16. The summed E-state index contributed by atoms with van der Waals surface area (Å²) in [4.78, 5) is 12.3. The van der Waals surface area contributed by atoms with Crippen molar-refractivity contribution < 1.29 is 4.79 Å². The molecule has 0 aliphatic carbocycles. The van der Waals surface area contributed by atoms with Crippen molar-refractivity contribution in [2.75, 3.05) is 5.32 Å². The number of nitriles is 1. The molecule has 0 unspecified atom stereocenters. The fraction of sp³-hybridized carbons (Fsp3) is 0.111. The van der Waals surface area contributed by atoms with Crippen LogP contribution in [-0.4, -0.2) is 5.91 Å². The smallest absolute Gasteiger partial charge is 0.266 e. The average molecular weight is 345 g/mol. The number of rotatable bonds is 3. The maximum absolute atomic E-state index is 12.3. The van der Waals surface area contributed by atoms with E-state index >= 15 is 0 Å². The molecule has 0 bridgehead atoms. The largest absolute Gasteiger partial charge is 0.321 e. The SMILES string of the molecule is Cc1ccc(NC(=O)/C(C#N)=C/c2ccc(Cl)c(Cl)c2)c(C)c1. The molecule has 3 nitrogen and oxygen atoms in total. The molecule has 0 aromatic heterocycles. The molecule has 0 fully saturated rings. The number of hydrogen-bond acceptors (Lipinski definition) is 2. The van der Waals surface area contributed by atoms with E-state index in [0.29, 0.717) is 21.3 Å². The fourth-order valence-corrected chi connectivity index (χ4v) is 2.37. The lowest BCUT2D eigenvalue weighted by molar-refractivity contribution is -0.112. The van der Waals surface area contributed by atoms with Crippen LogP contribution < -0.4 is 5.32 Å². The van der Waals surface area contributed by atoms with Crippen molar-refractivity contribution in [3.63, 3.8) is 0 Å². The molecule has 0 saturated heterocycles. The zero-order chi connectivity index (χ0) is 17.0. The van der Waals surface area contributed by atoms with Crippen LogP contribution in [0, 0.1) is 25.2 Å². The number of amides is 1. The summed E-state index contributed by atoms with van der Waals surface area (Å²) in [5.41, 5.74) is 3.34. The van der Waals surface area contributed by atoms with E-state index in [1.165, 1.54) is 6.08 Å². The predicted molar refractivity (Wildman–Crippen MR) is 94.6 cm³/mol. The van der Waals surface area contributed by atoms with Gasteiger partial charge in [-0.1, -0.05) is 47.0 Å². The van der Waals surface area contributed by atoms with Gasteiger partial charge < -0.3 is 5.32 Å². The van der Waals surface area contributed by atoms with E-state index in [2.05, 4.69) is 5.32 Å². The van der Waals surface area contributed by atoms with Gasteiger partial charge in [-0.2, -0.15) is 5.26 Å². The highest BCUT2D eigenvalue weighted by molar-refractivity contribution is 6.42. The minimum absolute atomic E-state index is 0.0108. The van der Waals surface area contributed by atoms with E-state index in [9.17, 15) is 10.1 Å². The Hall–Kier alpha value is -2.28. The Morgan fingerprint density at radius 2 is 1.87 bits per heavy atom. The van der Waals surface area contributed by atoms with Crippen molar-refractivity contribution in [3.05, 3.63) is 68.7 Å². The zero-order valence-electron chi connectivity index (χ0n) is 12.7. The summed E-state index contributed by atoms with van der Waals surface area (Å²) in [7, 11) is 0. The minimum atomic E-state index is -0.467. The van der Waals surface area contributed by atoms with E-state index in [1.807, 2.05) is 38.1 Å². The van der Waals surface area contributed by atoms with Gasteiger partial charge in [0, 0.05) is 5.69 Å². The maximum Gasteiger partial charge on any atom is 0.266 e. The first-order valence-electron chi connectivity index (χ1n) is 6.86. The van der Waals surface area contributed by atoms with Gasteiger partial charge in [0.25, 0.3) is 5.91 Å². The second-order valence-electron chi connectivity index (χ2n) is 5.12. The van der Waals surface area contributed by atoms with Crippen molar-refractivity contribution in [1.29, 1.82) is 5.26 Å². The Morgan fingerprint density at radius 1 is 1.13 bits per heavy atom. The van der Waals surface area contributed by atoms with Crippen LogP contribution in [0.2, 0.25) is 10.0 Å². The lowest BCUT2D eigenvalue weighted by atomic mass is 10.1. The monoisotopic (exact) mass is 344 g/mol. The van der Waals surface area contributed by atoms with E-state index < -0.39 is 5.91 Å². The highest BCUT2D eigenvalue weighted by Crippen LogP contribution is 2.24. The van der Waals surface area contributed by atoms with E-state index in [0.717, 1.165) is 11.1 Å². The molecule has 1 N–H and O–H groups in total. The van der Waals surface area contributed by atoms with Gasteiger partial charge in [-0.15, -0.1) is 0 Å². The normalized spacial score (nSPS) is 11.0. The van der Waals surface area contributed by atoms with Crippen molar-refractivity contribution in [2.24, 2.45) is 0 Å². The Labute approximate surface area is 145 Å². The number of hydrogen-bond donors (Lipinski definition) is 1. The van der Waals surface area contributed by atoms with Gasteiger partial charge >= 0.3 is 0 Å². The van der Waals surface area contributed by atoms with Crippen LogP contribution in [-0.2, 0) is 4.79 Å². The molecule has 2 aromatic rings. The van der Waals surface area contributed by atoms with Crippen molar-refractivity contribution in [3.8, 4) is 6.07 Å². The molecule has 0 saturated carbocycles. The molecule has 2 rings (SSSR count). The van der Waals surface area contributed by atoms with Crippen LogP contribution >= 0.6 is 23.2 Å². The molecule has 0 spiro atoms. The number of nitrogens with one attached hydrogen (secondary N) is 1. The molecule has 0 heterocycles. The van der Waals surface area contributed by atoms with Crippen LogP contribution in [0.25, 0.3) is 6.08 Å². The van der Waals surface area contributed by atoms with Crippen molar-refractivity contribution in [1.82, 2.24) is 0 Å². The highest BCUT2D eigenvalue weighted by Gasteiger charge is 2.11. The summed E-state index contributed by atoms with van der Waals surface area (Å²) in [6, 6.07) is 12.5. The third kappa shape index (κ3) is 4.35. The third-order valence-corrected chi connectivity index (χ3v) is 3.99. The molecule has 0 aliphatic heterocycles. The standard InChI is InChI=1S/C18H14Cl2N2O/c1-11-3-6-17(12(2)7-11)22-18(23)14(10-21)8-13-4-5-15(19)16(20)9-13/h3-9H,1-2H3,(H,22,23)/b14-8+. The summed E-state index contributed by atoms with van der Waals surface area (Å²) >= 11 is 11.8. The number of carbonyl (C=O) groups is 1. The molecule has 0 atom stereocenters. The number of nitrogens with zero attached hydrogens (tertiary/aromatic N) is 1. The Kier molecular flexibility index (Phi) is 5.44. The van der Waals surface area contributed by atoms with Crippen LogP contribution in [0.4, 0.5) is 5.69 Å². The maximum atomic E-state index is 12.3. The molecule has 0 radical (unpaired) electrons. The quantitative estimate of drug-likeness (QED) is 0.617. The molecule has 2 aromatic carbocycles. The van der Waals surface area contributed by atoms with Crippen LogP contribution in [0.15, 0.2) is 42.0 Å². The first kappa shape index (κ1) is 17.1. The second kappa shape index (κ2) is 7.32. The first-order chi connectivity index (χ1) is 10.9. The van der Waals surface area contributed by atoms with E-state index in [-0.39, 0.29) is 5.57 Å². The lowest BCUT2D eigenvalue weighted by Crippen LogP contribution is -2.14. The average Bonchev–Trinajstić information content (AvgIpc) is 2.51. The van der Waals surface area contributed by atoms with Gasteiger partial charge in [-0.3, -0.25) is 4.79 Å². The number of carbonyl (C=O) groups excluding carboxylic acids is 1. The van der Waals surface area contributed by atoms with Crippen molar-refractivity contribution >= 4 is 40.9 Å². The zero-order valence-corrected chi connectivity index (χ0v) is 14.2. The van der Waals surface area contributed by atoms with Gasteiger partial charge in [0.05, 0.1) is 10.0 Å². The summed E-state index contributed by atoms with van der Waals surface area (Å²) in [6.07, 6.45) is 1.47. The summed E-state index contributed by atoms with van der Waals surface area (Å²) in [5.74, 6) is -0.467. The Morgan fingerprint density at radius 3 is 2.48 bits per heavy atom. The van der Waals surface area contributed by atoms with Gasteiger partial charge in [-0.05, 0) is 49.2 Å². The number of anilines is 1. The van der Waals surface area contributed by atoms with E-state index in [4.69, 9.17) is 23.2 Å². The van der Waals surface area contributed by atoms with Gasteiger partial charge in [0.2, 0.25) is 0 Å². The van der Waals surface area contributed by atoms with E-state index in [1.54, 1.807) is 18.2 Å².